The third kappa shape index (κ3) is 32.7. The van der Waals surface area contributed by atoms with Gasteiger partial charge in [0.05, 0.1) is 0 Å². The second-order valence-electron chi connectivity index (χ2n) is 5.91. The summed E-state index contributed by atoms with van der Waals surface area (Å²) in [6, 6.07) is 8.88. The second kappa shape index (κ2) is 20.9. The van der Waals surface area contributed by atoms with E-state index in [4.69, 9.17) is 9.42 Å². The Morgan fingerprint density at radius 2 is 1.56 bits per heavy atom. The first-order chi connectivity index (χ1) is 11.2. The molecule has 1 rings (SSSR count). The Kier molecular flexibility index (Phi) is 25.4. The van der Waals surface area contributed by atoms with Crippen LogP contribution in [0, 0.1) is 19.8 Å². The van der Waals surface area contributed by atoms with Crippen molar-refractivity contribution < 1.29 is 28.9 Å². The third-order valence-electron chi connectivity index (χ3n) is 2.57. The molecule has 0 spiro atoms. The molecule has 2 nitrogen and oxygen atoms in total. The molecule has 0 radical (unpaired) electrons. The van der Waals surface area contributed by atoms with Gasteiger partial charge in [-0.15, -0.1) is 0 Å². The van der Waals surface area contributed by atoms with Crippen molar-refractivity contribution in [2.24, 2.45) is 5.92 Å². The van der Waals surface area contributed by atoms with Gasteiger partial charge in [0, 0.05) is 0 Å². The molecule has 0 fully saturated rings. The first-order valence-corrected chi connectivity index (χ1v) is 12.5. The van der Waals surface area contributed by atoms with Gasteiger partial charge in [-0.3, -0.25) is 0 Å². The normalized spacial score (nSPS) is 11.8. The summed E-state index contributed by atoms with van der Waals surface area (Å²) >= 11 is 8.30. The van der Waals surface area contributed by atoms with E-state index in [0.29, 0.717) is 11.7 Å². The molecule has 0 aliphatic heterocycles. The number of hydrogen-bond donors (Lipinski definition) is 2. The summed E-state index contributed by atoms with van der Waals surface area (Å²) in [4.78, 5) is 9.04. The monoisotopic (exact) mass is 454 g/mol. The maximum absolute atomic E-state index is 9.04. The van der Waals surface area contributed by atoms with Crippen LogP contribution in [-0.2, 0) is 31.3 Å². The van der Waals surface area contributed by atoms with Crippen LogP contribution in [0.15, 0.2) is 30.3 Å². The van der Waals surface area contributed by atoms with Crippen molar-refractivity contribution in [2.45, 2.75) is 65.7 Å². The molecule has 142 valence electrons. The maximum atomic E-state index is 9.04. The number of rotatable bonds is 8. The fourth-order valence-corrected chi connectivity index (χ4v) is 2.51. The van der Waals surface area contributed by atoms with Crippen molar-refractivity contribution >= 4 is 29.7 Å². The molecule has 1 atom stereocenters. The fraction of sp³-hybridized carbons (Fsp3) is 0.579. The number of thiol groups is 1. The number of unbranched alkanes of at least 4 members (excludes halogenated alkanes) is 6. The molecule has 1 aromatic carbocycles. The summed E-state index contributed by atoms with van der Waals surface area (Å²) in [6.45, 7) is 13.8. The summed E-state index contributed by atoms with van der Waals surface area (Å²) in [5.74, 6) is 1.13. The van der Waals surface area contributed by atoms with Crippen molar-refractivity contribution in [2.75, 3.05) is 0 Å². The second-order valence-corrected chi connectivity index (χ2v) is 11.0. The molecule has 0 bridgehead atoms. The zero-order valence-corrected chi connectivity index (χ0v) is 21.8. The number of para-hydroxylation sites is 1. The summed E-state index contributed by atoms with van der Waals surface area (Å²) in [5.41, 5.74) is -2.86. The van der Waals surface area contributed by atoms with E-state index in [0.717, 1.165) is 6.42 Å². The Balaban J connectivity index is -0.000000314. The van der Waals surface area contributed by atoms with Crippen molar-refractivity contribution in [3.05, 3.63) is 44.2 Å². The molecule has 0 saturated carbocycles. The van der Waals surface area contributed by atoms with E-state index in [9.17, 15) is 0 Å². The van der Waals surface area contributed by atoms with Gasteiger partial charge in [-0.05, 0) is 23.9 Å². The maximum Gasteiger partial charge on any atom is 2.00 e. The fourth-order valence-electron chi connectivity index (χ4n) is 1.58. The van der Waals surface area contributed by atoms with Gasteiger partial charge in [-0.2, -0.15) is 12.3 Å². The first-order valence-electron chi connectivity index (χ1n) is 8.65. The molecule has 0 heterocycles. The van der Waals surface area contributed by atoms with Crippen molar-refractivity contribution in [1.82, 2.24) is 0 Å². The van der Waals surface area contributed by atoms with Crippen LogP contribution in [0.5, 0.6) is 5.75 Å². The topological polar surface area (TPSA) is 29.5 Å². The van der Waals surface area contributed by atoms with E-state index >= 15 is 0 Å². The van der Waals surface area contributed by atoms with Crippen molar-refractivity contribution in [3.63, 3.8) is 0 Å². The van der Waals surface area contributed by atoms with E-state index in [1.807, 2.05) is 6.07 Å². The van der Waals surface area contributed by atoms with E-state index < -0.39 is 5.69 Å². The standard InChI is InChI=1S/C9H19.C6H7O2PS2.C4H9.Zn/c1-3-5-7-9-8-6-4-2;7-9(10,11)8-6-4-2-1-3-5-6;1-4(2)3;/h1,3-9H2,2H3;1-5H,(H2,7,10,11);4H,1H2,2-3H3;/q-1;;-1;+2. The molecule has 0 aromatic heterocycles. The summed E-state index contributed by atoms with van der Waals surface area (Å²) in [5, 5.41) is 0. The van der Waals surface area contributed by atoms with Crippen molar-refractivity contribution in [1.29, 1.82) is 0 Å². The zero-order valence-electron chi connectivity index (χ0n) is 16.2. The first kappa shape index (κ1) is 30.3. The van der Waals surface area contributed by atoms with Gasteiger partial charge in [-0.1, -0.05) is 89.7 Å². The van der Waals surface area contributed by atoms with Gasteiger partial charge < -0.3 is 23.3 Å². The van der Waals surface area contributed by atoms with Gasteiger partial charge in [0.1, 0.15) is 5.75 Å². The summed E-state index contributed by atoms with van der Waals surface area (Å²) in [7, 11) is 0. The molecular weight excluding hydrogens is 421 g/mol. The van der Waals surface area contributed by atoms with Crippen LogP contribution in [0.1, 0.15) is 65.7 Å². The quantitative estimate of drug-likeness (QED) is 0.142. The molecule has 25 heavy (non-hydrogen) atoms. The van der Waals surface area contributed by atoms with Gasteiger partial charge >= 0.3 is 19.5 Å². The molecule has 1 aromatic rings. The van der Waals surface area contributed by atoms with E-state index in [1.165, 1.54) is 38.5 Å². The molecule has 6 heteroatoms. The molecule has 0 amide bonds. The van der Waals surface area contributed by atoms with Crippen LogP contribution in [0.2, 0.25) is 0 Å². The molecular formula is C19H35O2PS2Zn. The molecule has 1 N–H and O–H groups in total. The Morgan fingerprint density at radius 3 is 1.96 bits per heavy atom. The van der Waals surface area contributed by atoms with Crippen LogP contribution >= 0.6 is 17.9 Å². The Hall–Kier alpha value is 0.603. The number of benzene rings is 1. The summed E-state index contributed by atoms with van der Waals surface area (Å²) < 4.78 is 4.95. The zero-order chi connectivity index (χ0) is 18.8. The van der Waals surface area contributed by atoms with Crippen LogP contribution in [0.3, 0.4) is 0 Å². The van der Waals surface area contributed by atoms with Gasteiger partial charge in [0.25, 0.3) is 5.69 Å². The van der Waals surface area contributed by atoms with Crippen LogP contribution in [0.4, 0.5) is 0 Å². The van der Waals surface area contributed by atoms with Gasteiger partial charge in [-0.25, -0.2) is 0 Å². The van der Waals surface area contributed by atoms with Crippen LogP contribution in [-0.4, -0.2) is 4.89 Å². The SMILES string of the molecule is OP(=S)(S)Oc1ccccc1.[CH2-]C(C)C.[CH2-]CCCCCCCC.[Zn+2]. The minimum absolute atomic E-state index is 0. The van der Waals surface area contributed by atoms with Crippen LogP contribution < -0.4 is 4.52 Å². The summed E-state index contributed by atoms with van der Waals surface area (Å²) in [6.07, 6.45) is 9.45. The third-order valence-corrected chi connectivity index (χ3v) is 3.49. The average Bonchev–Trinajstić information content (AvgIpc) is 2.47. The minimum Gasteiger partial charge on any atom is -0.436 e. The smallest absolute Gasteiger partial charge is 0.436 e. The van der Waals surface area contributed by atoms with Crippen LogP contribution in [0.25, 0.3) is 0 Å². The largest absolute Gasteiger partial charge is 2.00 e. The molecule has 0 aliphatic rings. The Labute approximate surface area is 179 Å². The van der Waals surface area contributed by atoms with Gasteiger partial charge in [0.15, 0.2) is 0 Å². The average molecular weight is 456 g/mol. The predicted octanol–water partition coefficient (Wildman–Crippen LogP) is 7.26. The van der Waals surface area contributed by atoms with Gasteiger partial charge in [0.2, 0.25) is 0 Å². The predicted molar refractivity (Wildman–Crippen MR) is 116 cm³/mol. The molecule has 0 aliphatic carbocycles. The van der Waals surface area contributed by atoms with E-state index in [2.05, 4.69) is 58.7 Å². The Morgan fingerprint density at radius 1 is 1.12 bits per heavy atom. The van der Waals surface area contributed by atoms with Crippen molar-refractivity contribution in [3.8, 4) is 5.75 Å². The molecule has 0 saturated heterocycles. The minimum atomic E-state index is -2.86. The Bertz CT molecular complexity index is 402. The van der Waals surface area contributed by atoms with E-state index in [1.54, 1.807) is 24.3 Å². The van der Waals surface area contributed by atoms with E-state index in [-0.39, 0.29) is 19.5 Å². The number of hydrogen-bond acceptors (Lipinski definition) is 2. The molecule has 1 unspecified atom stereocenters.